The van der Waals surface area contributed by atoms with Gasteiger partial charge in [0.25, 0.3) is 0 Å². The van der Waals surface area contributed by atoms with E-state index < -0.39 is 0 Å². The van der Waals surface area contributed by atoms with Gasteiger partial charge in [0, 0.05) is 3.57 Å². The molecule has 1 N–H and O–H groups in total. The minimum absolute atomic E-state index is 0.0641. The first-order valence-corrected chi connectivity index (χ1v) is 8.40. The molecule has 0 saturated carbocycles. The van der Waals surface area contributed by atoms with Gasteiger partial charge in [-0.15, -0.1) is 0 Å². The average molecular weight is 420 g/mol. The fraction of sp³-hybridized carbons (Fsp3) is 0.250. The second kappa shape index (κ2) is 7.64. The number of halogens is 3. The van der Waals surface area contributed by atoms with Crippen LogP contribution in [0.1, 0.15) is 30.5 Å². The molecule has 0 aliphatic heterocycles. The fourth-order valence-electron chi connectivity index (χ4n) is 2.13. The van der Waals surface area contributed by atoms with Crippen molar-refractivity contribution in [2.75, 3.05) is 6.54 Å². The Morgan fingerprint density at radius 3 is 2.45 bits per heavy atom. The highest BCUT2D eigenvalue weighted by Gasteiger charge is 2.19. The van der Waals surface area contributed by atoms with E-state index in [-0.39, 0.29) is 6.04 Å². The van der Waals surface area contributed by atoms with Crippen LogP contribution < -0.4 is 5.32 Å². The Bertz CT molecular complexity index is 586. The molecule has 0 aliphatic rings. The highest BCUT2D eigenvalue weighted by Crippen LogP contribution is 2.34. The third-order valence-electron chi connectivity index (χ3n) is 3.11. The quantitative estimate of drug-likeness (QED) is 0.614. The van der Waals surface area contributed by atoms with Crippen LogP contribution in [0.3, 0.4) is 0 Å². The molecule has 106 valence electrons. The van der Waals surface area contributed by atoms with E-state index in [2.05, 4.69) is 53.0 Å². The lowest BCUT2D eigenvalue weighted by molar-refractivity contribution is 0.597. The molecule has 1 atom stereocenters. The van der Waals surface area contributed by atoms with Crippen molar-refractivity contribution in [3.8, 4) is 0 Å². The number of hydrogen-bond acceptors (Lipinski definition) is 1. The third kappa shape index (κ3) is 3.67. The van der Waals surface area contributed by atoms with Gasteiger partial charge in [-0.1, -0.05) is 60.5 Å². The standard InChI is InChI=1S/C16H16Cl2IN/c1-2-10-20-16(11-6-3-4-9-14(11)19)12-7-5-8-13(17)15(12)18/h3-9,16,20H,2,10H2,1H3. The summed E-state index contributed by atoms with van der Waals surface area (Å²) in [5.41, 5.74) is 2.25. The highest BCUT2D eigenvalue weighted by molar-refractivity contribution is 14.1. The predicted molar refractivity (Wildman–Crippen MR) is 95.8 cm³/mol. The van der Waals surface area contributed by atoms with Crippen LogP contribution in [-0.4, -0.2) is 6.54 Å². The Labute approximate surface area is 143 Å². The number of nitrogens with one attached hydrogen (secondary N) is 1. The zero-order valence-electron chi connectivity index (χ0n) is 11.2. The van der Waals surface area contributed by atoms with Crippen LogP contribution in [0.15, 0.2) is 42.5 Å². The molecule has 0 radical (unpaired) electrons. The van der Waals surface area contributed by atoms with Crippen LogP contribution in [0.2, 0.25) is 10.0 Å². The van der Waals surface area contributed by atoms with Crippen molar-refractivity contribution in [1.29, 1.82) is 0 Å². The lowest BCUT2D eigenvalue weighted by Gasteiger charge is -2.22. The second-order valence-electron chi connectivity index (χ2n) is 4.55. The van der Waals surface area contributed by atoms with Gasteiger partial charge < -0.3 is 5.32 Å². The first kappa shape index (κ1) is 16.1. The number of benzene rings is 2. The van der Waals surface area contributed by atoms with E-state index in [1.54, 1.807) is 0 Å². The predicted octanol–water partition coefficient (Wildman–Crippen LogP) is 5.69. The Morgan fingerprint density at radius 2 is 1.75 bits per heavy atom. The smallest absolute Gasteiger partial charge is 0.0643 e. The summed E-state index contributed by atoms with van der Waals surface area (Å²) in [7, 11) is 0. The lowest BCUT2D eigenvalue weighted by Crippen LogP contribution is -2.24. The van der Waals surface area contributed by atoms with Crippen molar-refractivity contribution in [2.24, 2.45) is 0 Å². The summed E-state index contributed by atoms with van der Waals surface area (Å²) in [6.45, 7) is 3.08. The molecule has 0 saturated heterocycles. The van der Waals surface area contributed by atoms with Crippen LogP contribution in [0.5, 0.6) is 0 Å². The molecule has 0 heterocycles. The monoisotopic (exact) mass is 419 g/mol. The molecule has 2 rings (SSSR count). The Kier molecular flexibility index (Phi) is 6.15. The van der Waals surface area contributed by atoms with Crippen LogP contribution in [0.4, 0.5) is 0 Å². The van der Waals surface area contributed by atoms with E-state index in [9.17, 15) is 0 Å². The van der Waals surface area contributed by atoms with Crippen molar-refractivity contribution in [3.05, 3.63) is 67.2 Å². The summed E-state index contributed by atoms with van der Waals surface area (Å²) in [4.78, 5) is 0. The van der Waals surface area contributed by atoms with Gasteiger partial charge in [-0.2, -0.15) is 0 Å². The van der Waals surface area contributed by atoms with E-state index in [0.717, 1.165) is 18.5 Å². The normalized spacial score (nSPS) is 12.4. The second-order valence-corrected chi connectivity index (χ2v) is 6.50. The Morgan fingerprint density at radius 1 is 1.05 bits per heavy atom. The maximum Gasteiger partial charge on any atom is 0.0643 e. The van der Waals surface area contributed by atoms with Gasteiger partial charge in [-0.25, -0.2) is 0 Å². The number of hydrogen-bond donors (Lipinski definition) is 1. The van der Waals surface area contributed by atoms with Crippen molar-refractivity contribution in [1.82, 2.24) is 5.32 Å². The number of rotatable bonds is 5. The minimum Gasteiger partial charge on any atom is -0.306 e. The first-order chi connectivity index (χ1) is 9.65. The van der Waals surface area contributed by atoms with Crippen molar-refractivity contribution < 1.29 is 0 Å². The molecule has 0 amide bonds. The molecule has 0 aromatic heterocycles. The maximum absolute atomic E-state index is 6.39. The van der Waals surface area contributed by atoms with Crippen LogP contribution >= 0.6 is 45.8 Å². The molecule has 0 aliphatic carbocycles. The molecule has 4 heteroatoms. The van der Waals surface area contributed by atoms with E-state index in [1.165, 1.54) is 9.13 Å². The molecule has 0 bridgehead atoms. The van der Waals surface area contributed by atoms with Gasteiger partial charge in [-0.3, -0.25) is 0 Å². The van der Waals surface area contributed by atoms with E-state index in [0.29, 0.717) is 10.0 Å². The minimum atomic E-state index is 0.0641. The lowest BCUT2D eigenvalue weighted by atomic mass is 9.98. The largest absolute Gasteiger partial charge is 0.306 e. The summed E-state index contributed by atoms with van der Waals surface area (Å²) >= 11 is 14.9. The Balaban J connectivity index is 2.47. The summed E-state index contributed by atoms with van der Waals surface area (Å²) in [6.07, 6.45) is 1.07. The SMILES string of the molecule is CCCNC(c1ccccc1I)c1cccc(Cl)c1Cl. The molecule has 2 aromatic rings. The van der Waals surface area contributed by atoms with Crippen LogP contribution in [0.25, 0.3) is 0 Å². The molecule has 0 fully saturated rings. The highest BCUT2D eigenvalue weighted by atomic mass is 127. The summed E-state index contributed by atoms with van der Waals surface area (Å²) < 4.78 is 1.22. The van der Waals surface area contributed by atoms with Gasteiger partial charge in [0.05, 0.1) is 16.1 Å². The van der Waals surface area contributed by atoms with Gasteiger partial charge in [0.1, 0.15) is 0 Å². The molecule has 2 aromatic carbocycles. The molecule has 0 spiro atoms. The van der Waals surface area contributed by atoms with Crippen LogP contribution in [-0.2, 0) is 0 Å². The summed E-state index contributed by atoms with van der Waals surface area (Å²) in [5, 5.41) is 4.79. The van der Waals surface area contributed by atoms with Crippen molar-refractivity contribution in [2.45, 2.75) is 19.4 Å². The van der Waals surface area contributed by atoms with E-state index in [1.807, 2.05) is 24.3 Å². The van der Waals surface area contributed by atoms with Crippen molar-refractivity contribution in [3.63, 3.8) is 0 Å². The zero-order valence-corrected chi connectivity index (χ0v) is 14.8. The topological polar surface area (TPSA) is 12.0 Å². The van der Waals surface area contributed by atoms with Gasteiger partial charge in [0.2, 0.25) is 0 Å². The maximum atomic E-state index is 6.39. The molecular formula is C16H16Cl2IN. The third-order valence-corrected chi connectivity index (χ3v) is 4.92. The van der Waals surface area contributed by atoms with E-state index in [4.69, 9.17) is 23.2 Å². The fourth-order valence-corrected chi connectivity index (χ4v) is 3.24. The molecular weight excluding hydrogens is 404 g/mol. The van der Waals surface area contributed by atoms with Gasteiger partial charge in [0.15, 0.2) is 0 Å². The van der Waals surface area contributed by atoms with Crippen LogP contribution in [0, 0.1) is 3.57 Å². The van der Waals surface area contributed by atoms with Crippen molar-refractivity contribution >= 4 is 45.8 Å². The van der Waals surface area contributed by atoms with E-state index >= 15 is 0 Å². The van der Waals surface area contributed by atoms with Gasteiger partial charge in [-0.05, 0) is 58.8 Å². The summed E-state index contributed by atoms with van der Waals surface area (Å²) in [5.74, 6) is 0. The van der Waals surface area contributed by atoms with Gasteiger partial charge >= 0.3 is 0 Å². The summed E-state index contributed by atoms with van der Waals surface area (Å²) in [6, 6.07) is 14.2. The molecule has 1 nitrogen and oxygen atoms in total. The zero-order chi connectivity index (χ0) is 14.5. The first-order valence-electron chi connectivity index (χ1n) is 6.56. The molecule has 20 heavy (non-hydrogen) atoms. The Hall–Kier alpha value is -0.290. The average Bonchev–Trinajstić information content (AvgIpc) is 2.45. The molecule has 1 unspecified atom stereocenters.